The first-order valence-corrected chi connectivity index (χ1v) is 10.7. The van der Waals surface area contributed by atoms with Gasteiger partial charge in [0.2, 0.25) is 5.51 Å². The van der Waals surface area contributed by atoms with Crippen molar-refractivity contribution < 1.29 is 23.4 Å². The van der Waals surface area contributed by atoms with Crippen molar-refractivity contribution in [2.24, 2.45) is 0 Å². The Labute approximate surface area is 154 Å². The summed E-state index contributed by atoms with van der Waals surface area (Å²) in [6.45, 7) is 4.24. The van der Waals surface area contributed by atoms with Gasteiger partial charge in [-0.25, -0.2) is 14.5 Å². The number of phosphoric acid groups is 1. The average Bonchev–Trinajstić information content (AvgIpc) is 2.84. The lowest BCUT2D eigenvalue weighted by atomic mass is 10.2. The van der Waals surface area contributed by atoms with Crippen molar-refractivity contribution in [3.63, 3.8) is 0 Å². The van der Waals surface area contributed by atoms with E-state index in [4.69, 9.17) is 15.5 Å². The number of phosphoric ester groups is 1. The predicted molar refractivity (Wildman–Crippen MR) is 99.2 cm³/mol. The molecule has 0 aliphatic carbocycles. The van der Waals surface area contributed by atoms with E-state index in [0.717, 1.165) is 16.1 Å². The Kier molecular flexibility index (Phi) is 8.65. The van der Waals surface area contributed by atoms with E-state index < -0.39 is 7.82 Å². The van der Waals surface area contributed by atoms with Gasteiger partial charge in [-0.05, 0) is 6.92 Å². The van der Waals surface area contributed by atoms with Crippen molar-refractivity contribution in [1.29, 1.82) is 0 Å². The van der Waals surface area contributed by atoms with Crippen LogP contribution in [-0.4, -0.2) is 26.4 Å². The Hall–Kier alpha value is -0.680. The summed E-state index contributed by atoms with van der Waals surface area (Å²) < 4.78 is 17.1. The summed E-state index contributed by atoms with van der Waals surface area (Å²) in [6, 6.07) is 0. The minimum absolute atomic E-state index is 0.0264. The van der Waals surface area contributed by atoms with Crippen molar-refractivity contribution in [2.45, 2.75) is 26.8 Å². The molecule has 0 saturated carbocycles. The standard InChI is InChI=1S/C12H17N4O4PS.H2S2/c1-8-11(3-4-20-21(17,18)19)22-7-16(8)6-10-5-14-9(2)15-12(10)13;1-2/h5,7H,3-4,6H2,1-2H3,(H3-,13,14,15,17,18,19);1-2H/p+1. The minimum Gasteiger partial charge on any atom is -0.383 e. The summed E-state index contributed by atoms with van der Waals surface area (Å²) in [7, 11) is -4.41. The molecule has 0 radical (unpaired) electrons. The molecule has 0 aromatic carbocycles. The highest BCUT2D eigenvalue weighted by Crippen LogP contribution is 2.35. The molecule has 0 fully saturated rings. The van der Waals surface area contributed by atoms with E-state index in [1.165, 1.54) is 11.3 Å². The minimum atomic E-state index is -4.41. The van der Waals surface area contributed by atoms with Gasteiger partial charge < -0.3 is 15.5 Å². The van der Waals surface area contributed by atoms with Crippen molar-refractivity contribution in [1.82, 2.24) is 9.97 Å². The third kappa shape index (κ3) is 6.67. The molecule has 24 heavy (non-hydrogen) atoms. The van der Waals surface area contributed by atoms with Crippen molar-refractivity contribution in [3.8, 4) is 0 Å². The monoisotopic (exact) mass is 411 g/mol. The quantitative estimate of drug-likeness (QED) is 0.211. The Morgan fingerprint density at radius 3 is 2.67 bits per heavy atom. The summed E-state index contributed by atoms with van der Waals surface area (Å²) in [4.78, 5) is 26.6. The topological polar surface area (TPSA) is 122 Å². The second kappa shape index (κ2) is 9.71. The van der Waals surface area contributed by atoms with E-state index in [0.29, 0.717) is 24.6 Å². The zero-order chi connectivity index (χ0) is 18.3. The van der Waals surface area contributed by atoms with Gasteiger partial charge in [0.05, 0.1) is 17.0 Å². The van der Waals surface area contributed by atoms with Crippen LogP contribution in [0.1, 0.15) is 22.0 Å². The van der Waals surface area contributed by atoms with E-state index in [-0.39, 0.29) is 6.61 Å². The number of thiazole rings is 1. The molecule has 8 nitrogen and oxygen atoms in total. The first-order chi connectivity index (χ1) is 11.3. The van der Waals surface area contributed by atoms with E-state index in [9.17, 15) is 4.57 Å². The van der Waals surface area contributed by atoms with Gasteiger partial charge in [-0.2, -0.15) is 4.57 Å². The fraction of sp³-hybridized carbons (Fsp3) is 0.417. The van der Waals surface area contributed by atoms with Crippen LogP contribution in [0.15, 0.2) is 11.7 Å². The maximum Gasteiger partial charge on any atom is 0.469 e. The molecular weight excluding hydrogens is 391 g/mol. The molecule has 0 spiro atoms. The fourth-order valence-electron chi connectivity index (χ4n) is 1.92. The molecule has 2 aromatic rings. The highest BCUT2D eigenvalue weighted by Gasteiger charge is 2.19. The van der Waals surface area contributed by atoms with Gasteiger partial charge >= 0.3 is 7.82 Å². The van der Waals surface area contributed by atoms with Gasteiger partial charge in [-0.15, -0.1) is 23.3 Å². The molecule has 134 valence electrons. The molecule has 0 aliphatic rings. The summed E-state index contributed by atoms with van der Waals surface area (Å²) in [5, 5.41) is 0. The summed E-state index contributed by atoms with van der Waals surface area (Å²) in [6.07, 6.45) is 2.15. The second-order valence-electron chi connectivity index (χ2n) is 4.76. The molecule has 0 atom stereocenters. The number of anilines is 1. The molecule has 0 amide bonds. The summed E-state index contributed by atoms with van der Waals surface area (Å²) in [5.41, 5.74) is 9.65. The summed E-state index contributed by atoms with van der Waals surface area (Å²) >= 11 is 7.95. The molecule has 4 N–H and O–H groups in total. The van der Waals surface area contributed by atoms with Crippen LogP contribution in [0.3, 0.4) is 0 Å². The van der Waals surface area contributed by atoms with E-state index in [2.05, 4.69) is 37.8 Å². The highest BCUT2D eigenvalue weighted by atomic mass is 33.1. The fourth-order valence-corrected chi connectivity index (χ4v) is 3.23. The van der Waals surface area contributed by atoms with Crippen LogP contribution < -0.4 is 10.3 Å². The third-order valence-electron chi connectivity index (χ3n) is 3.10. The van der Waals surface area contributed by atoms with Crippen LogP contribution in [0.5, 0.6) is 0 Å². The maximum absolute atomic E-state index is 10.7. The average molecular weight is 411 g/mol. The van der Waals surface area contributed by atoms with Crippen molar-refractivity contribution in [2.75, 3.05) is 12.3 Å². The van der Waals surface area contributed by atoms with Crippen LogP contribution in [0.25, 0.3) is 0 Å². The summed E-state index contributed by atoms with van der Waals surface area (Å²) in [5.74, 6) is 1.08. The van der Waals surface area contributed by atoms with Crippen LogP contribution in [-0.2, 0) is 22.1 Å². The molecule has 2 aromatic heterocycles. The number of hydrogen-bond donors (Lipinski definition) is 5. The number of thiol groups is 2. The van der Waals surface area contributed by atoms with Crippen LogP contribution in [0.2, 0.25) is 0 Å². The molecule has 0 aliphatic heterocycles. The first kappa shape index (κ1) is 21.4. The maximum atomic E-state index is 10.7. The third-order valence-corrected chi connectivity index (χ3v) is 4.77. The molecular formula is C12H20N4O4PS3+. The second-order valence-corrected chi connectivity index (χ2v) is 6.94. The molecule has 0 bridgehead atoms. The highest BCUT2D eigenvalue weighted by molar-refractivity contribution is 8.59. The molecule has 12 heteroatoms. The Morgan fingerprint density at radius 2 is 2.08 bits per heavy atom. The molecule has 2 rings (SSSR count). The van der Waals surface area contributed by atoms with E-state index in [1.54, 1.807) is 13.1 Å². The molecule has 0 saturated heterocycles. The van der Waals surface area contributed by atoms with Gasteiger partial charge in [0.25, 0.3) is 0 Å². The van der Waals surface area contributed by atoms with Gasteiger partial charge in [0, 0.05) is 19.5 Å². The number of nitrogens with two attached hydrogens (primary N) is 1. The van der Waals surface area contributed by atoms with Gasteiger partial charge in [0.15, 0.2) is 12.2 Å². The number of hydrogen-bond acceptors (Lipinski definition) is 8. The van der Waals surface area contributed by atoms with Crippen LogP contribution >= 0.6 is 42.5 Å². The van der Waals surface area contributed by atoms with E-state index >= 15 is 0 Å². The number of rotatable bonds is 6. The zero-order valence-corrected chi connectivity index (χ0v) is 16.7. The van der Waals surface area contributed by atoms with Crippen LogP contribution in [0, 0.1) is 13.8 Å². The number of aromatic nitrogens is 3. The Balaban J connectivity index is 0.00000139. The van der Waals surface area contributed by atoms with Crippen LogP contribution in [0.4, 0.5) is 5.82 Å². The first-order valence-electron chi connectivity index (χ1n) is 6.71. The zero-order valence-electron chi connectivity index (χ0n) is 13.2. The molecule has 2 heterocycles. The number of nitrogens with zero attached hydrogens (tertiary/aromatic N) is 3. The lowest BCUT2D eigenvalue weighted by Gasteiger charge is -2.04. The Morgan fingerprint density at radius 1 is 1.42 bits per heavy atom. The lowest BCUT2D eigenvalue weighted by Crippen LogP contribution is -2.35. The predicted octanol–water partition coefficient (Wildman–Crippen LogP) is 1.49. The number of aryl methyl sites for hydroxylation is 1. The van der Waals surface area contributed by atoms with Gasteiger partial charge in [-0.1, -0.05) is 11.3 Å². The lowest BCUT2D eigenvalue weighted by molar-refractivity contribution is -0.689. The number of nitrogen functional groups attached to an aromatic ring is 1. The van der Waals surface area contributed by atoms with Gasteiger partial charge in [0.1, 0.15) is 11.6 Å². The normalized spacial score (nSPS) is 11.1. The van der Waals surface area contributed by atoms with Crippen molar-refractivity contribution >= 4 is 48.3 Å². The van der Waals surface area contributed by atoms with Crippen molar-refractivity contribution in [3.05, 3.63) is 33.7 Å². The van der Waals surface area contributed by atoms with Gasteiger partial charge in [-0.3, -0.25) is 4.52 Å². The Bertz CT molecular complexity index is 722. The SMILES string of the molecule is Cc1ncc(C[n+]2csc(CCOP(=O)(O)O)c2C)c(N)n1.SS. The largest absolute Gasteiger partial charge is 0.469 e. The smallest absolute Gasteiger partial charge is 0.383 e. The van der Waals surface area contributed by atoms with E-state index in [1.807, 2.05) is 17.0 Å². The molecule has 0 unspecified atom stereocenters.